The van der Waals surface area contributed by atoms with Crippen molar-refractivity contribution in [2.45, 2.75) is 0 Å². The van der Waals surface area contributed by atoms with Crippen LogP contribution in [0.25, 0.3) is 70.0 Å². The van der Waals surface area contributed by atoms with Gasteiger partial charge in [0, 0.05) is 36.8 Å². The van der Waals surface area contributed by atoms with Crippen LogP contribution in [0.4, 0.5) is 0 Å². The van der Waals surface area contributed by atoms with E-state index in [0.717, 1.165) is 38.7 Å². The second kappa shape index (κ2) is 7.08. The van der Waals surface area contributed by atoms with Gasteiger partial charge in [-0.1, -0.05) is 78.9 Å². The summed E-state index contributed by atoms with van der Waals surface area (Å²) in [6.45, 7) is 0. The summed E-state index contributed by atoms with van der Waals surface area (Å²) in [6, 6.07) is 40.9. The summed E-state index contributed by atoms with van der Waals surface area (Å²) in [5.74, 6) is 0. The molecule has 164 valence electrons. The van der Waals surface area contributed by atoms with Crippen LogP contribution in [0.5, 0.6) is 0 Å². The first-order valence-corrected chi connectivity index (χ1v) is 12.6. The Hall–Kier alpha value is -4.34. The van der Waals surface area contributed by atoms with Crippen LogP contribution in [0.1, 0.15) is 0 Å². The molecule has 3 heterocycles. The number of thiophene rings is 1. The lowest BCUT2D eigenvalue weighted by atomic mass is 9.99. The summed E-state index contributed by atoms with van der Waals surface area (Å²) in [5.41, 5.74) is 7.73. The zero-order valence-electron chi connectivity index (χ0n) is 18.7. The Balaban J connectivity index is 1.56. The van der Waals surface area contributed by atoms with Gasteiger partial charge in [0.2, 0.25) is 0 Å². The number of benzene rings is 5. The van der Waals surface area contributed by atoms with Crippen LogP contribution in [0.3, 0.4) is 0 Å². The maximum absolute atomic E-state index is 6.58. The molecule has 0 N–H and O–H groups in total. The quantitative estimate of drug-likeness (QED) is 0.248. The van der Waals surface area contributed by atoms with Gasteiger partial charge in [0.1, 0.15) is 11.1 Å². The average molecular weight is 466 g/mol. The van der Waals surface area contributed by atoms with Crippen molar-refractivity contribution >= 4 is 64.5 Å². The SMILES string of the molecule is c1ccc(-n2c3ccccc3c3oc4cccc(-c5cccc6c5sc5ccccc56)c4c32)cc1. The molecule has 0 aliphatic rings. The third-order valence-electron chi connectivity index (χ3n) is 7.01. The molecule has 0 spiro atoms. The van der Waals surface area contributed by atoms with Crippen LogP contribution in [-0.2, 0) is 0 Å². The molecule has 0 amide bonds. The standard InChI is InChI=1S/C32H19NOS/c1-2-10-20(11-3-1)33-26-17-6-4-13-25(26)31-30(33)29-22(14-9-18-27(29)34-31)24-16-8-15-23-21-12-5-7-19-28(21)35-32(23)24/h1-19H. The molecule has 0 bridgehead atoms. The lowest BCUT2D eigenvalue weighted by Crippen LogP contribution is -1.93. The first-order chi connectivity index (χ1) is 17.4. The normalized spacial score (nSPS) is 12.0. The van der Waals surface area contributed by atoms with Crippen molar-refractivity contribution in [1.82, 2.24) is 4.57 Å². The molecule has 0 radical (unpaired) electrons. The Morgan fingerprint density at radius 2 is 1.29 bits per heavy atom. The summed E-state index contributed by atoms with van der Waals surface area (Å²) in [6.07, 6.45) is 0. The molecule has 0 aliphatic heterocycles. The molecule has 0 unspecified atom stereocenters. The summed E-state index contributed by atoms with van der Waals surface area (Å²) >= 11 is 1.87. The minimum Gasteiger partial charge on any atom is -0.454 e. The van der Waals surface area contributed by atoms with Gasteiger partial charge < -0.3 is 8.98 Å². The number of fused-ring (bicyclic) bond motifs is 8. The number of furan rings is 1. The number of hydrogen-bond acceptors (Lipinski definition) is 2. The van der Waals surface area contributed by atoms with E-state index in [-0.39, 0.29) is 0 Å². The minimum atomic E-state index is 0.918. The summed E-state index contributed by atoms with van der Waals surface area (Å²) in [5, 5.41) is 4.92. The highest BCUT2D eigenvalue weighted by atomic mass is 32.1. The predicted molar refractivity (Wildman–Crippen MR) is 149 cm³/mol. The van der Waals surface area contributed by atoms with Gasteiger partial charge in [-0.25, -0.2) is 0 Å². The van der Waals surface area contributed by atoms with Gasteiger partial charge in [-0.05, 0) is 42.0 Å². The van der Waals surface area contributed by atoms with Crippen molar-refractivity contribution in [1.29, 1.82) is 0 Å². The van der Waals surface area contributed by atoms with E-state index in [9.17, 15) is 0 Å². The van der Waals surface area contributed by atoms with Crippen LogP contribution >= 0.6 is 11.3 Å². The Labute approximate surface area is 205 Å². The number of aromatic nitrogens is 1. The van der Waals surface area contributed by atoms with E-state index < -0.39 is 0 Å². The fourth-order valence-corrected chi connectivity index (χ4v) is 6.77. The van der Waals surface area contributed by atoms with Gasteiger partial charge in [0.05, 0.1) is 10.9 Å². The molecule has 8 aromatic rings. The van der Waals surface area contributed by atoms with Gasteiger partial charge >= 0.3 is 0 Å². The Morgan fingerprint density at radius 1 is 0.571 bits per heavy atom. The molecule has 0 aliphatic carbocycles. The van der Waals surface area contributed by atoms with Gasteiger partial charge in [-0.15, -0.1) is 11.3 Å². The van der Waals surface area contributed by atoms with Crippen molar-refractivity contribution < 1.29 is 4.42 Å². The van der Waals surface area contributed by atoms with Gasteiger partial charge in [-0.3, -0.25) is 0 Å². The minimum absolute atomic E-state index is 0.918. The molecule has 8 rings (SSSR count). The van der Waals surface area contributed by atoms with E-state index >= 15 is 0 Å². The molecular weight excluding hydrogens is 446 g/mol. The summed E-state index contributed by atoms with van der Waals surface area (Å²) in [4.78, 5) is 0. The maximum Gasteiger partial charge on any atom is 0.161 e. The fourth-order valence-electron chi connectivity index (χ4n) is 5.54. The Bertz CT molecular complexity index is 2060. The molecule has 0 atom stereocenters. The Kier molecular flexibility index (Phi) is 3.85. The van der Waals surface area contributed by atoms with Crippen molar-refractivity contribution in [2.75, 3.05) is 0 Å². The van der Waals surface area contributed by atoms with E-state index in [1.54, 1.807) is 0 Å². The molecule has 5 aromatic carbocycles. The van der Waals surface area contributed by atoms with Gasteiger partial charge in [-0.2, -0.15) is 0 Å². The molecule has 2 nitrogen and oxygen atoms in total. The van der Waals surface area contributed by atoms with Crippen LogP contribution in [0.15, 0.2) is 120 Å². The highest BCUT2D eigenvalue weighted by Crippen LogP contribution is 2.46. The first-order valence-electron chi connectivity index (χ1n) is 11.8. The molecule has 0 fully saturated rings. The molecule has 3 heteroatoms. The lowest BCUT2D eigenvalue weighted by molar-refractivity contribution is 0.673. The monoisotopic (exact) mass is 465 g/mol. The number of nitrogens with zero attached hydrogens (tertiary/aromatic N) is 1. The predicted octanol–water partition coefficient (Wildman–Crippen LogP) is 9.56. The van der Waals surface area contributed by atoms with Crippen LogP contribution < -0.4 is 0 Å². The zero-order valence-corrected chi connectivity index (χ0v) is 19.5. The second-order valence-electron chi connectivity index (χ2n) is 8.93. The summed E-state index contributed by atoms with van der Waals surface area (Å²) in [7, 11) is 0. The number of rotatable bonds is 2. The topological polar surface area (TPSA) is 18.1 Å². The van der Waals surface area contributed by atoms with E-state index in [1.165, 1.54) is 31.3 Å². The maximum atomic E-state index is 6.58. The highest BCUT2D eigenvalue weighted by Gasteiger charge is 2.22. The zero-order chi connectivity index (χ0) is 22.9. The molecular formula is C32H19NOS. The first kappa shape index (κ1) is 19.0. The van der Waals surface area contributed by atoms with Crippen molar-refractivity contribution in [3.63, 3.8) is 0 Å². The van der Waals surface area contributed by atoms with E-state index in [2.05, 4.69) is 120 Å². The van der Waals surface area contributed by atoms with Crippen LogP contribution in [-0.4, -0.2) is 4.57 Å². The highest BCUT2D eigenvalue weighted by molar-refractivity contribution is 7.26. The van der Waals surface area contributed by atoms with E-state index in [4.69, 9.17) is 4.42 Å². The molecule has 3 aromatic heterocycles. The molecule has 0 saturated heterocycles. The van der Waals surface area contributed by atoms with Crippen molar-refractivity contribution in [2.24, 2.45) is 0 Å². The third-order valence-corrected chi connectivity index (χ3v) is 8.23. The smallest absolute Gasteiger partial charge is 0.161 e. The van der Waals surface area contributed by atoms with E-state index in [1.807, 2.05) is 11.3 Å². The number of hydrogen-bond donors (Lipinski definition) is 0. The van der Waals surface area contributed by atoms with Gasteiger partial charge in [0.25, 0.3) is 0 Å². The van der Waals surface area contributed by atoms with Crippen molar-refractivity contribution in [3.8, 4) is 16.8 Å². The fraction of sp³-hybridized carbons (Fsp3) is 0. The number of para-hydroxylation sites is 2. The Morgan fingerprint density at radius 3 is 2.20 bits per heavy atom. The molecule has 35 heavy (non-hydrogen) atoms. The van der Waals surface area contributed by atoms with E-state index in [0.29, 0.717) is 0 Å². The summed E-state index contributed by atoms with van der Waals surface area (Å²) < 4.78 is 11.6. The van der Waals surface area contributed by atoms with Crippen LogP contribution in [0.2, 0.25) is 0 Å². The van der Waals surface area contributed by atoms with Crippen LogP contribution in [0, 0.1) is 0 Å². The van der Waals surface area contributed by atoms with Crippen molar-refractivity contribution in [3.05, 3.63) is 115 Å². The van der Waals surface area contributed by atoms with Gasteiger partial charge in [0.15, 0.2) is 5.58 Å². The molecule has 0 saturated carbocycles. The third kappa shape index (κ3) is 2.59. The average Bonchev–Trinajstić information content (AvgIpc) is 3.58. The lowest BCUT2D eigenvalue weighted by Gasteiger charge is -2.10. The second-order valence-corrected chi connectivity index (χ2v) is 9.98. The largest absolute Gasteiger partial charge is 0.454 e.